The molecule has 0 bridgehead atoms. The number of rotatable bonds is 14. The van der Waals surface area contributed by atoms with E-state index >= 15 is 0 Å². The molecule has 0 aliphatic heterocycles. The van der Waals surface area contributed by atoms with Gasteiger partial charge >= 0.3 is 12.1 Å². The van der Waals surface area contributed by atoms with E-state index in [0.717, 1.165) is 19.3 Å². The molecule has 3 amide bonds. The first-order valence-electron chi connectivity index (χ1n) is 12.3. The van der Waals surface area contributed by atoms with Crippen LogP contribution in [0.5, 0.6) is 0 Å². The number of esters is 1. The van der Waals surface area contributed by atoms with Gasteiger partial charge in [-0.2, -0.15) is 0 Å². The molecule has 1 aromatic rings. The molecule has 1 atom stereocenters. The maximum Gasteiger partial charge on any atom is 0.408 e. The molecule has 1 rings (SSSR count). The lowest BCUT2D eigenvalue weighted by Crippen LogP contribution is -2.48. The first kappa shape index (κ1) is 29.9. The van der Waals surface area contributed by atoms with E-state index < -0.39 is 35.5 Å². The van der Waals surface area contributed by atoms with Gasteiger partial charge in [-0.15, -0.1) is 0 Å². The quantitative estimate of drug-likeness (QED) is 0.303. The molecular formula is C26H41N3O6. The molecule has 1 unspecified atom stereocenters. The van der Waals surface area contributed by atoms with E-state index in [1.807, 2.05) is 6.07 Å². The van der Waals surface area contributed by atoms with E-state index in [9.17, 15) is 19.2 Å². The van der Waals surface area contributed by atoms with Crippen molar-refractivity contribution in [2.75, 3.05) is 26.2 Å². The van der Waals surface area contributed by atoms with Crippen LogP contribution in [0.1, 0.15) is 78.3 Å². The van der Waals surface area contributed by atoms with Gasteiger partial charge in [-0.1, -0.05) is 56.5 Å². The summed E-state index contributed by atoms with van der Waals surface area (Å²) >= 11 is 0. The van der Waals surface area contributed by atoms with Crippen LogP contribution in [0, 0.1) is 0 Å². The van der Waals surface area contributed by atoms with E-state index in [1.54, 1.807) is 52.0 Å². The Labute approximate surface area is 208 Å². The number of ether oxygens (including phenoxy) is 2. The summed E-state index contributed by atoms with van der Waals surface area (Å²) in [5, 5.41) is 5.25. The van der Waals surface area contributed by atoms with E-state index in [0.29, 0.717) is 18.5 Å². The van der Waals surface area contributed by atoms with Crippen molar-refractivity contribution in [1.82, 2.24) is 15.5 Å². The predicted molar refractivity (Wildman–Crippen MR) is 134 cm³/mol. The van der Waals surface area contributed by atoms with Crippen molar-refractivity contribution in [3.63, 3.8) is 0 Å². The van der Waals surface area contributed by atoms with Gasteiger partial charge in [0.1, 0.15) is 18.2 Å². The molecule has 0 aromatic heterocycles. The molecular weight excluding hydrogens is 450 g/mol. The Bertz CT molecular complexity index is 807. The third kappa shape index (κ3) is 12.2. The number of hydrogen-bond acceptors (Lipinski definition) is 6. The van der Waals surface area contributed by atoms with Crippen molar-refractivity contribution in [2.45, 2.75) is 78.4 Å². The fraction of sp³-hybridized carbons (Fsp3) is 0.615. The minimum atomic E-state index is -0.909. The highest BCUT2D eigenvalue weighted by molar-refractivity contribution is 5.90. The Morgan fingerprint density at radius 3 is 2.26 bits per heavy atom. The Morgan fingerprint density at radius 2 is 1.66 bits per heavy atom. The SMILES string of the molecule is CCCCCCN(C(=O)CNC(=O)OC(C)(C)C)C(C(=O)NCCC(=O)OCC)c1ccccc1. The highest BCUT2D eigenvalue weighted by Gasteiger charge is 2.31. The Kier molecular flexibility index (Phi) is 13.5. The minimum Gasteiger partial charge on any atom is -0.466 e. The monoisotopic (exact) mass is 491 g/mol. The minimum absolute atomic E-state index is 0.0335. The first-order valence-corrected chi connectivity index (χ1v) is 12.3. The van der Waals surface area contributed by atoms with Crippen molar-refractivity contribution in [1.29, 1.82) is 0 Å². The summed E-state index contributed by atoms with van der Waals surface area (Å²) in [5.74, 6) is -1.21. The van der Waals surface area contributed by atoms with E-state index in [-0.39, 0.29) is 26.1 Å². The molecule has 35 heavy (non-hydrogen) atoms. The first-order chi connectivity index (χ1) is 16.6. The van der Waals surface area contributed by atoms with Crippen LogP contribution in [0.4, 0.5) is 4.79 Å². The number of benzene rings is 1. The second-order valence-corrected chi connectivity index (χ2v) is 9.16. The fourth-order valence-electron chi connectivity index (χ4n) is 3.40. The van der Waals surface area contributed by atoms with Crippen molar-refractivity contribution >= 4 is 23.9 Å². The van der Waals surface area contributed by atoms with Crippen LogP contribution < -0.4 is 10.6 Å². The highest BCUT2D eigenvalue weighted by Crippen LogP contribution is 2.22. The lowest BCUT2D eigenvalue weighted by molar-refractivity contribution is -0.143. The van der Waals surface area contributed by atoms with Gasteiger partial charge in [-0.05, 0) is 39.7 Å². The number of carbonyl (C=O) groups is 4. The lowest BCUT2D eigenvalue weighted by Gasteiger charge is -2.32. The fourth-order valence-corrected chi connectivity index (χ4v) is 3.40. The number of nitrogens with one attached hydrogen (secondary N) is 2. The van der Waals surface area contributed by atoms with E-state index in [4.69, 9.17) is 9.47 Å². The molecule has 0 saturated carbocycles. The van der Waals surface area contributed by atoms with Gasteiger partial charge in [-0.25, -0.2) is 4.79 Å². The molecule has 0 aliphatic rings. The molecule has 2 N–H and O–H groups in total. The molecule has 0 aliphatic carbocycles. The summed E-state index contributed by atoms with van der Waals surface area (Å²) < 4.78 is 10.1. The molecule has 0 saturated heterocycles. The van der Waals surface area contributed by atoms with Crippen LogP contribution in [0.25, 0.3) is 0 Å². The number of amides is 3. The second-order valence-electron chi connectivity index (χ2n) is 9.16. The number of alkyl carbamates (subject to hydrolysis) is 1. The average molecular weight is 492 g/mol. The van der Waals surface area contributed by atoms with Gasteiger partial charge in [0.05, 0.1) is 13.0 Å². The van der Waals surface area contributed by atoms with Gasteiger partial charge in [0.25, 0.3) is 0 Å². The lowest BCUT2D eigenvalue weighted by atomic mass is 10.0. The molecule has 9 heteroatoms. The van der Waals surface area contributed by atoms with Crippen molar-refractivity contribution in [3.8, 4) is 0 Å². The summed E-state index contributed by atoms with van der Waals surface area (Å²) in [7, 11) is 0. The molecule has 9 nitrogen and oxygen atoms in total. The van der Waals surface area contributed by atoms with E-state index in [1.165, 1.54) is 4.90 Å². The van der Waals surface area contributed by atoms with Crippen LogP contribution >= 0.6 is 0 Å². The second kappa shape index (κ2) is 15.7. The smallest absolute Gasteiger partial charge is 0.408 e. The summed E-state index contributed by atoms with van der Waals surface area (Å²) in [5.41, 5.74) is -0.0551. The largest absolute Gasteiger partial charge is 0.466 e. The van der Waals surface area contributed by atoms with Gasteiger partial charge in [-0.3, -0.25) is 14.4 Å². The maximum absolute atomic E-state index is 13.3. The standard InChI is InChI=1S/C26H41N3O6/c1-6-8-9-13-18-29(21(30)19-28-25(33)35-26(3,4)5)23(20-14-11-10-12-15-20)24(32)27-17-16-22(31)34-7-2/h10-12,14-15,23H,6-9,13,16-19H2,1-5H3,(H,27,32)(H,28,33). The van der Waals surface area contributed by atoms with Crippen LogP contribution in [0.15, 0.2) is 30.3 Å². The van der Waals surface area contributed by atoms with Crippen LogP contribution in [0.3, 0.4) is 0 Å². The van der Waals surface area contributed by atoms with Crippen molar-refractivity contribution in [2.24, 2.45) is 0 Å². The third-order valence-electron chi connectivity index (χ3n) is 4.96. The zero-order chi connectivity index (χ0) is 26.3. The maximum atomic E-state index is 13.3. The van der Waals surface area contributed by atoms with Gasteiger partial charge in [0.15, 0.2) is 0 Å². The molecule has 196 valence electrons. The number of unbranched alkanes of at least 4 members (excludes halogenated alkanes) is 3. The summed E-state index contributed by atoms with van der Waals surface area (Å²) in [6, 6.07) is 8.08. The number of nitrogens with zero attached hydrogens (tertiary/aromatic N) is 1. The number of hydrogen-bond donors (Lipinski definition) is 2. The predicted octanol–water partition coefficient (Wildman–Crippen LogP) is 3.73. The Hall–Kier alpha value is -3.10. The molecule has 0 radical (unpaired) electrons. The summed E-state index contributed by atoms with van der Waals surface area (Å²) in [4.78, 5) is 51.8. The Morgan fingerprint density at radius 1 is 0.971 bits per heavy atom. The average Bonchev–Trinajstić information content (AvgIpc) is 2.79. The normalized spacial score (nSPS) is 11.8. The van der Waals surface area contributed by atoms with Crippen molar-refractivity contribution in [3.05, 3.63) is 35.9 Å². The topological polar surface area (TPSA) is 114 Å². The van der Waals surface area contributed by atoms with Crippen LogP contribution in [-0.4, -0.2) is 60.6 Å². The number of carbonyl (C=O) groups excluding carboxylic acids is 4. The highest BCUT2D eigenvalue weighted by atomic mass is 16.6. The summed E-state index contributed by atoms with van der Waals surface area (Å²) in [6.07, 6.45) is 3.00. The molecule has 1 aromatic carbocycles. The summed E-state index contributed by atoms with van der Waals surface area (Å²) in [6.45, 7) is 9.43. The Balaban J connectivity index is 3.06. The van der Waals surface area contributed by atoms with Gasteiger partial charge in [0.2, 0.25) is 11.8 Å². The molecule has 0 fully saturated rings. The van der Waals surface area contributed by atoms with Gasteiger partial charge < -0.3 is 25.0 Å². The van der Waals surface area contributed by atoms with Crippen molar-refractivity contribution < 1.29 is 28.7 Å². The third-order valence-corrected chi connectivity index (χ3v) is 4.96. The zero-order valence-electron chi connectivity index (χ0n) is 21.7. The molecule has 0 heterocycles. The van der Waals surface area contributed by atoms with Crippen LogP contribution in [-0.2, 0) is 23.9 Å². The zero-order valence-corrected chi connectivity index (χ0v) is 21.7. The van der Waals surface area contributed by atoms with Crippen LogP contribution in [0.2, 0.25) is 0 Å². The molecule has 0 spiro atoms. The van der Waals surface area contributed by atoms with E-state index in [2.05, 4.69) is 17.6 Å². The van der Waals surface area contributed by atoms with Gasteiger partial charge in [0, 0.05) is 13.1 Å².